The zero-order valence-corrected chi connectivity index (χ0v) is 12.5. The molecule has 2 N–H and O–H groups in total. The molecule has 19 heavy (non-hydrogen) atoms. The molecule has 1 atom stereocenters. The predicted molar refractivity (Wildman–Crippen MR) is 80.0 cm³/mol. The van der Waals surface area contributed by atoms with E-state index in [9.17, 15) is 0 Å². The van der Waals surface area contributed by atoms with E-state index >= 15 is 0 Å². The third-order valence-electron chi connectivity index (χ3n) is 3.25. The van der Waals surface area contributed by atoms with Crippen LogP contribution in [0, 0.1) is 13.8 Å². The van der Waals surface area contributed by atoms with Gasteiger partial charge in [0.05, 0.1) is 7.11 Å². The lowest BCUT2D eigenvalue weighted by Gasteiger charge is -2.15. The van der Waals surface area contributed by atoms with Crippen LogP contribution < -0.4 is 10.5 Å². The van der Waals surface area contributed by atoms with E-state index in [2.05, 4.69) is 22.5 Å². The summed E-state index contributed by atoms with van der Waals surface area (Å²) < 4.78 is 5.43. The topological polar surface area (TPSA) is 48.1 Å². The maximum absolute atomic E-state index is 6.22. The lowest BCUT2D eigenvalue weighted by molar-refractivity contribution is 0.406. The molecule has 0 amide bonds. The van der Waals surface area contributed by atoms with Gasteiger partial charge < -0.3 is 10.5 Å². The molecule has 0 fully saturated rings. The Kier molecular flexibility index (Phi) is 4.56. The summed E-state index contributed by atoms with van der Waals surface area (Å²) in [4.78, 5) is 5.82. The Hall–Kier alpha value is -1.39. The number of methoxy groups -OCH3 is 1. The average Bonchev–Trinajstić information content (AvgIpc) is 2.86. The van der Waals surface area contributed by atoms with Crippen LogP contribution in [-0.4, -0.2) is 18.1 Å². The highest BCUT2D eigenvalue weighted by Crippen LogP contribution is 2.25. The summed E-state index contributed by atoms with van der Waals surface area (Å²) in [5.74, 6) is 0.924. The van der Waals surface area contributed by atoms with Gasteiger partial charge in [-0.1, -0.05) is 6.07 Å². The number of aryl methyl sites for hydroxylation is 1. The van der Waals surface area contributed by atoms with Gasteiger partial charge in [0.1, 0.15) is 5.75 Å². The van der Waals surface area contributed by atoms with Gasteiger partial charge in [0.15, 0.2) is 0 Å². The molecule has 0 spiro atoms. The molecule has 0 saturated heterocycles. The Balaban J connectivity index is 2.10. The van der Waals surface area contributed by atoms with Crippen LogP contribution in [0.2, 0.25) is 0 Å². The highest BCUT2D eigenvalue weighted by molar-refractivity contribution is 7.09. The average molecular weight is 276 g/mol. The summed E-state index contributed by atoms with van der Waals surface area (Å²) in [5, 5.41) is 2.08. The van der Waals surface area contributed by atoms with E-state index in [0.29, 0.717) is 0 Å². The minimum Gasteiger partial charge on any atom is -0.496 e. The fraction of sp³-hybridized carbons (Fsp3) is 0.400. The first-order valence-electron chi connectivity index (χ1n) is 6.38. The van der Waals surface area contributed by atoms with Gasteiger partial charge in [-0.2, -0.15) is 0 Å². The summed E-state index contributed by atoms with van der Waals surface area (Å²) in [5.41, 5.74) is 9.42. The van der Waals surface area contributed by atoms with Crippen LogP contribution in [0.1, 0.15) is 21.7 Å². The molecule has 0 aliphatic heterocycles. The molecule has 0 aliphatic rings. The lowest BCUT2D eigenvalue weighted by atomic mass is 10.0. The fourth-order valence-electron chi connectivity index (χ4n) is 2.28. The van der Waals surface area contributed by atoms with Crippen molar-refractivity contribution in [2.24, 2.45) is 5.73 Å². The van der Waals surface area contributed by atoms with Crippen molar-refractivity contribution in [1.29, 1.82) is 0 Å². The van der Waals surface area contributed by atoms with Crippen molar-refractivity contribution in [1.82, 2.24) is 4.98 Å². The molecule has 2 aromatic rings. The predicted octanol–water partition coefficient (Wildman–Crippen LogP) is 2.88. The largest absolute Gasteiger partial charge is 0.496 e. The zero-order chi connectivity index (χ0) is 13.8. The van der Waals surface area contributed by atoms with Gasteiger partial charge in [0, 0.05) is 40.4 Å². The van der Waals surface area contributed by atoms with Crippen molar-refractivity contribution in [3.63, 3.8) is 0 Å². The molecule has 102 valence electrons. The van der Waals surface area contributed by atoms with E-state index in [4.69, 9.17) is 10.5 Å². The molecule has 0 aliphatic carbocycles. The Bertz CT molecular complexity index is 537. The van der Waals surface area contributed by atoms with Crippen LogP contribution in [0.25, 0.3) is 0 Å². The summed E-state index contributed by atoms with van der Waals surface area (Å²) in [6.45, 7) is 4.06. The van der Waals surface area contributed by atoms with Crippen LogP contribution >= 0.6 is 11.3 Å². The molecular weight excluding hydrogens is 256 g/mol. The molecule has 2 heterocycles. The van der Waals surface area contributed by atoms with E-state index in [1.54, 1.807) is 18.4 Å². The van der Waals surface area contributed by atoms with Gasteiger partial charge in [-0.15, -0.1) is 11.3 Å². The lowest BCUT2D eigenvalue weighted by Crippen LogP contribution is -2.26. The van der Waals surface area contributed by atoms with Gasteiger partial charge in [-0.05, 0) is 31.7 Å². The molecule has 2 rings (SSSR count). The van der Waals surface area contributed by atoms with E-state index in [-0.39, 0.29) is 6.04 Å². The van der Waals surface area contributed by atoms with Gasteiger partial charge in [-0.25, -0.2) is 0 Å². The second-order valence-corrected chi connectivity index (χ2v) is 5.83. The first kappa shape index (κ1) is 14.0. The number of nitrogens with zero attached hydrogens (tertiary/aromatic N) is 1. The third kappa shape index (κ3) is 3.33. The van der Waals surface area contributed by atoms with E-state index in [1.807, 2.05) is 20.0 Å². The zero-order valence-electron chi connectivity index (χ0n) is 11.6. The van der Waals surface area contributed by atoms with Crippen molar-refractivity contribution in [2.45, 2.75) is 32.7 Å². The standard InChI is InChI=1S/C15H20N2OS/c1-10-9-17-14(11(2)15(10)18-3)8-12(16)7-13-5-4-6-19-13/h4-6,9,12H,7-8,16H2,1-3H3. The second-order valence-electron chi connectivity index (χ2n) is 4.79. The molecule has 0 saturated carbocycles. The highest BCUT2D eigenvalue weighted by Gasteiger charge is 2.13. The quantitative estimate of drug-likeness (QED) is 0.913. The van der Waals surface area contributed by atoms with Crippen molar-refractivity contribution in [2.75, 3.05) is 7.11 Å². The van der Waals surface area contributed by atoms with E-state index in [0.717, 1.165) is 35.4 Å². The van der Waals surface area contributed by atoms with Gasteiger partial charge >= 0.3 is 0 Å². The van der Waals surface area contributed by atoms with Crippen LogP contribution in [0.15, 0.2) is 23.7 Å². The fourth-order valence-corrected chi connectivity index (χ4v) is 3.08. The number of ether oxygens (including phenoxy) is 1. The number of nitrogens with two attached hydrogens (primary N) is 1. The monoisotopic (exact) mass is 276 g/mol. The van der Waals surface area contributed by atoms with Crippen molar-refractivity contribution < 1.29 is 4.74 Å². The molecule has 1 unspecified atom stereocenters. The van der Waals surface area contributed by atoms with Crippen LogP contribution in [-0.2, 0) is 12.8 Å². The normalized spacial score (nSPS) is 12.4. The second kappa shape index (κ2) is 6.17. The number of rotatable bonds is 5. The van der Waals surface area contributed by atoms with Crippen LogP contribution in [0.5, 0.6) is 5.75 Å². The number of aromatic nitrogens is 1. The number of hydrogen-bond acceptors (Lipinski definition) is 4. The first-order valence-corrected chi connectivity index (χ1v) is 7.26. The van der Waals surface area contributed by atoms with E-state index in [1.165, 1.54) is 4.88 Å². The molecule has 0 bridgehead atoms. The van der Waals surface area contributed by atoms with Gasteiger partial charge in [0.2, 0.25) is 0 Å². The molecule has 0 radical (unpaired) electrons. The molecule has 2 aromatic heterocycles. The minimum absolute atomic E-state index is 0.0947. The summed E-state index contributed by atoms with van der Waals surface area (Å²) in [6.07, 6.45) is 3.54. The summed E-state index contributed by atoms with van der Waals surface area (Å²) >= 11 is 1.75. The maximum atomic E-state index is 6.22. The Morgan fingerprint density at radius 1 is 1.37 bits per heavy atom. The molecule has 3 nitrogen and oxygen atoms in total. The Morgan fingerprint density at radius 3 is 2.79 bits per heavy atom. The van der Waals surface area contributed by atoms with Gasteiger partial charge in [0.25, 0.3) is 0 Å². The highest BCUT2D eigenvalue weighted by atomic mass is 32.1. The third-order valence-corrected chi connectivity index (χ3v) is 4.15. The molecular formula is C15H20N2OS. The summed E-state index contributed by atoms with van der Waals surface area (Å²) in [6, 6.07) is 4.28. The number of thiophene rings is 1. The van der Waals surface area contributed by atoms with Crippen molar-refractivity contribution >= 4 is 11.3 Å². The first-order chi connectivity index (χ1) is 9.11. The van der Waals surface area contributed by atoms with Gasteiger partial charge in [-0.3, -0.25) is 4.98 Å². The molecule has 4 heteroatoms. The van der Waals surface area contributed by atoms with Crippen LogP contribution in [0.4, 0.5) is 0 Å². The minimum atomic E-state index is 0.0947. The van der Waals surface area contributed by atoms with Crippen molar-refractivity contribution in [3.05, 3.63) is 45.4 Å². The number of hydrogen-bond donors (Lipinski definition) is 1. The molecule has 0 aromatic carbocycles. The van der Waals surface area contributed by atoms with E-state index < -0.39 is 0 Å². The maximum Gasteiger partial charge on any atom is 0.128 e. The SMILES string of the molecule is COc1c(C)cnc(CC(N)Cc2cccs2)c1C. The smallest absolute Gasteiger partial charge is 0.128 e. The number of pyridine rings is 1. The summed E-state index contributed by atoms with van der Waals surface area (Å²) in [7, 11) is 1.70. The van der Waals surface area contributed by atoms with Crippen LogP contribution in [0.3, 0.4) is 0 Å². The Morgan fingerprint density at radius 2 is 2.16 bits per heavy atom. The van der Waals surface area contributed by atoms with Crippen molar-refractivity contribution in [3.8, 4) is 5.75 Å². The Labute approximate surface area is 118 Å².